The number of nitrogens with zero attached hydrogens (tertiary/aromatic N) is 1. The molecule has 1 N–H and O–H groups in total. The van der Waals surface area contributed by atoms with Crippen LogP contribution in [0.3, 0.4) is 0 Å². The number of likely N-dealkylation sites (tertiary alicyclic amines) is 1. The molecular formula is C9H18ClNO. The van der Waals surface area contributed by atoms with Crippen LogP contribution in [0, 0.1) is 0 Å². The molecule has 1 heterocycles. The molecule has 2 nitrogen and oxygen atoms in total. The first-order valence-corrected chi connectivity index (χ1v) is 4.78. The number of aliphatic hydroxyl groups excluding tert-OH is 1. The summed E-state index contributed by atoms with van der Waals surface area (Å²) in [5.74, 6) is 0. The molecule has 0 atom stereocenters. The largest absolute Gasteiger partial charge is 0.390 e. The highest BCUT2D eigenvalue weighted by Crippen LogP contribution is 2.25. The molecule has 0 spiro atoms. The Morgan fingerprint density at radius 3 is 2.08 bits per heavy atom. The van der Waals surface area contributed by atoms with Gasteiger partial charge in [0.05, 0.1) is 6.10 Å². The average molecular weight is 192 g/mol. The van der Waals surface area contributed by atoms with Crippen LogP contribution in [0.15, 0.2) is 0 Å². The van der Waals surface area contributed by atoms with Crippen molar-refractivity contribution >= 4 is 12.4 Å². The van der Waals surface area contributed by atoms with E-state index in [2.05, 4.69) is 4.90 Å². The predicted octanol–water partition coefficient (Wildman–Crippen LogP) is 1.42. The lowest BCUT2D eigenvalue weighted by Gasteiger charge is -2.43. The molecule has 3 heteroatoms. The Hall–Kier alpha value is 0.210. The lowest BCUT2D eigenvalue weighted by Crippen LogP contribution is -2.55. The normalized spacial score (nSPS) is 27.8. The topological polar surface area (TPSA) is 23.5 Å². The molecule has 0 unspecified atom stereocenters. The lowest BCUT2D eigenvalue weighted by molar-refractivity contribution is -0.0331. The van der Waals surface area contributed by atoms with Crippen LogP contribution in [0.4, 0.5) is 0 Å². The average Bonchev–Trinajstić information content (AvgIpc) is 2.01. The fourth-order valence-electron chi connectivity index (χ4n) is 2.23. The van der Waals surface area contributed by atoms with Crippen LogP contribution in [0.1, 0.15) is 32.1 Å². The van der Waals surface area contributed by atoms with Crippen molar-refractivity contribution in [3.63, 3.8) is 0 Å². The van der Waals surface area contributed by atoms with Crippen molar-refractivity contribution in [2.45, 2.75) is 44.2 Å². The summed E-state index contributed by atoms with van der Waals surface area (Å²) in [6.07, 6.45) is 6.94. The zero-order chi connectivity index (χ0) is 7.68. The van der Waals surface area contributed by atoms with E-state index in [0.29, 0.717) is 0 Å². The summed E-state index contributed by atoms with van der Waals surface area (Å²) in [6.45, 7) is 1.87. The number of halogens is 1. The molecule has 72 valence electrons. The third-order valence-electron chi connectivity index (χ3n) is 2.98. The lowest BCUT2D eigenvalue weighted by atomic mass is 9.92. The molecule has 0 bridgehead atoms. The van der Waals surface area contributed by atoms with Crippen LogP contribution in [0.25, 0.3) is 0 Å². The van der Waals surface area contributed by atoms with Crippen molar-refractivity contribution < 1.29 is 5.11 Å². The summed E-state index contributed by atoms with van der Waals surface area (Å²) in [6, 6.07) is 0.812. The Labute approximate surface area is 80.4 Å². The van der Waals surface area contributed by atoms with E-state index in [0.717, 1.165) is 19.1 Å². The highest BCUT2D eigenvalue weighted by Gasteiger charge is 2.31. The third-order valence-corrected chi connectivity index (χ3v) is 2.98. The van der Waals surface area contributed by atoms with Crippen LogP contribution in [-0.2, 0) is 0 Å². The molecule has 2 rings (SSSR count). The molecule has 2 aliphatic rings. The van der Waals surface area contributed by atoms with Gasteiger partial charge in [-0.05, 0) is 12.8 Å². The standard InChI is InChI=1S/C9H17NO.ClH/c11-9-6-10(7-9)8-4-2-1-3-5-8;/h8-9,11H,1-7H2;1H. The summed E-state index contributed by atoms with van der Waals surface area (Å²) < 4.78 is 0. The summed E-state index contributed by atoms with van der Waals surface area (Å²) in [5.41, 5.74) is 0. The second kappa shape index (κ2) is 4.45. The molecule has 0 aromatic carbocycles. The smallest absolute Gasteiger partial charge is 0.0794 e. The van der Waals surface area contributed by atoms with Crippen LogP contribution < -0.4 is 0 Å². The Morgan fingerprint density at radius 1 is 1.00 bits per heavy atom. The van der Waals surface area contributed by atoms with Gasteiger partial charge in [0.2, 0.25) is 0 Å². The van der Waals surface area contributed by atoms with Gasteiger partial charge in [-0.25, -0.2) is 0 Å². The second-order valence-electron chi connectivity index (χ2n) is 3.90. The van der Waals surface area contributed by atoms with E-state index in [9.17, 15) is 0 Å². The molecule has 0 amide bonds. The molecule has 1 aliphatic heterocycles. The van der Waals surface area contributed by atoms with Crippen molar-refractivity contribution in [3.05, 3.63) is 0 Å². The molecule has 1 aliphatic carbocycles. The number of hydrogen-bond donors (Lipinski definition) is 1. The van der Waals surface area contributed by atoms with Gasteiger partial charge >= 0.3 is 0 Å². The Kier molecular flexibility index (Phi) is 3.81. The summed E-state index contributed by atoms with van der Waals surface area (Å²) in [7, 11) is 0. The van der Waals surface area contributed by atoms with E-state index < -0.39 is 0 Å². The number of β-amino-alcohol motifs (C(OH)–C–C–N with tert-alkyl or cyclic N) is 1. The van der Waals surface area contributed by atoms with E-state index >= 15 is 0 Å². The van der Waals surface area contributed by atoms with Gasteiger partial charge in [0.25, 0.3) is 0 Å². The number of rotatable bonds is 1. The maximum Gasteiger partial charge on any atom is 0.0794 e. The molecule has 1 saturated carbocycles. The van der Waals surface area contributed by atoms with E-state index in [1.54, 1.807) is 0 Å². The zero-order valence-corrected chi connectivity index (χ0v) is 8.22. The zero-order valence-electron chi connectivity index (χ0n) is 7.41. The Morgan fingerprint density at radius 2 is 1.58 bits per heavy atom. The predicted molar refractivity (Wildman–Crippen MR) is 51.7 cm³/mol. The molecule has 0 aromatic heterocycles. The fraction of sp³-hybridized carbons (Fsp3) is 1.00. The first-order chi connectivity index (χ1) is 5.36. The molecular weight excluding hydrogens is 174 g/mol. The van der Waals surface area contributed by atoms with Gasteiger partial charge in [0, 0.05) is 19.1 Å². The Bertz CT molecular complexity index is 130. The van der Waals surface area contributed by atoms with E-state index in [1.165, 1.54) is 32.1 Å². The first-order valence-electron chi connectivity index (χ1n) is 4.78. The molecule has 12 heavy (non-hydrogen) atoms. The summed E-state index contributed by atoms with van der Waals surface area (Å²) >= 11 is 0. The van der Waals surface area contributed by atoms with Gasteiger partial charge in [-0.2, -0.15) is 0 Å². The minimum atomic E-state index is -0.0167. The van der Waals surface area contributed by atoms with Crippen molar-refractivity contribution in [3.8, 4) is 0 Å². The van der Waals surface area contributed by atoms with Gasteiger partial charge in [-0.1, -0.05) is 19.3 Å². The van der Waals surface area contributed by atoms with Crippen molar-refractivity contribution in [2.75, 3.05) is 13.1 Å². The highest BCUT2D eigenvalue weighted by atomic mass is 35.5. The fourth-order valence-corrected chi connectivity index (χ4v) is 2.23. The molecule has 2 fully saturated rings. The number of aliphatic hydroxyl groups is 1. The van der Waals surface area contributed by atoms with Crippen molar-refractivity contribution in [1.29, 1.82) is 0 Å². The van der Waals surface area contributed by atoms with Gasteiger partial charge in [-0.15, -0.1) is 12.4 Å². The van der Waals surface area contributed by atoms with Crippen LogP contribution in [-0.4, -0.2) is 35.2 Å². The minimum absolute atomic E-state index is 0. The minimum Gasteiger partial charge on any atom is -0.390 e. The van der Waals surface area contributed by atoms with E-state index in [-0.39, 0.29) is 18.5 Å². The quantitative estimate of drug-likeness (QED) is 0.678. The van der Waals surface area contributed by atoms with Gasteiger partial charge < -0.3 is 5.11 Å². The third kappa shape index (κ3) is 2.12. The first kappa shape index (κ1) is 10.3. The maximum absolute atomic E-state index is 9.11. The van der Waals surface area contributed by atoms with Gasteiger partial charge in [0.1, 0.15) is 0 Å². The van der Waals surface area contributed by atoms with Crippen molar-refractivity contribution in [2.24, 2.45) is 0 Å². The van der Waals surface area contributed by atoms with E-state index in [1.807, 2.05) is 0 Å². The van der Waals surface area contributed by atoms with Crippen LogP contribution in [0.2, 0.25) is 0 Å². The summed E-state index contributed by atoms with van der Waals surface area (Å²) in [5, 5.41) is 9.11. The highest BCUT2D eigenvalue weighted by molar-refractivity contribution is 5.85. The van der Waals surface area contributed by atoms with Crippen molar-refractivity contribution in [1.82, 2.24) is 4.90 Å². The monoisotopic (exact) mass is 191 g/mol. The van der Waals surface area contributed by atoms with Crippen LogP contribution >= 0.6 is 12.4 Å². The maximum atomic E-state index is 9.11. The molecule has 0 aromatic rings. The van der Waals surface area contributed by atoms with Crippen LogP contribution in [0.5, 0.6) is 0 Å². The number of hydrogen-bond acceptors (Lipinski definition) is 2. The molecule has 0 radical (unpaired) electrons. The van der Waals surface area contributed by atoms with E-state index in [4.69, 9.17) is 5.11 Å². The summed E-state index contributed by atoms with van der Waals surface area (Å²) in [4.78, 5) is 2.43. The molecule has 1 saturated heterocycles. The second-order valence-corrected chi connectivity index (χ2v) is 3.90. The Balaban J connectivity index is 0.000000720. The SMILES string of the molecule is Cl.OC1CN(C2CCCCC2)C1. The van der Waals surface area contributed by atoms with Gasteiger partial charge in [0.15, 0.2) is 0 Å². The van der Waals surface area contributed by atoms with Gasteiger partial charge in [-0.3, -0.25) is 4.90 Å².